The number of aliphatic hydroxyl groups excluding tert-OH is 1. The summed E-state index contributed by atoms with van der Waals surface area (Å²) in [4.78, 5) is 2.51. The first-order valence-electron chi connectivity index (χ1n) is 15.2. The number of aliphatic hydroxyl groups is 1. The Kier molecular flexibility index (Phi) is 9.30. The van der Waals surface area contributed by atoms with E-state index in [0.29, 0.717) is 18.7 Å². The molecule has 0 radical (unpaired) electrons. The zero-order valence-corrected chi connectivity index (χ0v) is 26.2. The average Bonchev–Trinajstić information content (AvgIpc) is 3.08. The van der Waals surface area contributed by atoms with Crippen LogP contribution in [0.3, 0.4) is 0 Å². The van der Waals surface area contributed by atoms with Crippen LogP contribution in [0.25, 0.3) is 10.8 Å². The van der Waals surface area contributed by atoms with E-state index in [9.17, 15) is 13.5 Å². The highest BCUT2D eigenvalue weighted by Crippen LogP contribution is 2.39. The lowest BCUT2D eigenvalue weighted by Gasteiger charge is -2.39. The van der Waals surface area contributed by atoms with Gasteiger partial charge in [-0.05, 0) is 71.8 Å². The van der Waals surface area contributed by atoms with Gasteiger partial charge >= 0.3 is 0 Å². The third-order valence-corrected chi connectivity index (χ3v) is 9.91. The van der Waals surface area contributed by atoms with Gasteiger partial charge in [-0.3, -0.25) is 9.62 Å². The molecule has 232 valence electrons. The Hall–Kier alpha value is -4.05. The number of fused-ring (bicyclic) bond motifs is 1. The van der Waals surface area contributed by atoms with Crippen LogP contribution in [0.5, 0.6) is 0 Å². The number of nitrogens with one attached hydrogen (secondary N) is 1. The summed E-state index contributed by atoms with van der Waals surface area (Å²) < 4.78 is 41.4. The number of hydrogen-bond donors (Lipinski definition) is 2. The molecule has 1 saturated heterocycles. The second-order valence-electron chi connectivity index (χ2n) is 11.6. The molecule has 4 unspecified atom stereocenters. The summed E-state index contributed by atoms with van der Waals surface area (Å²) >= 11 is 0. The van der Waals surface area contributed by atoms with Crippen LogP contribution >= 0.6 is 0 Å². The van der Waals surface area contributed by atoms with Gasteiger partial charge in [0.25, 0.3) is 10.0 Å². The van der Waals surface area contributed by atoms with E-state index in [1.165, 1.54) is 16.3 Å². The number of nitrogens with zero attached hydrogens (tertiary/aromatic N) is 1. The minimum Gasteiger partial charge on any atom is -0.392 e. The van der Waals surface area contributed by atoms with E-state index < -0.39 is 16.3 Å². The van der Waals surface area contributed by atoms with Crippen molar-refractivity contribution in [1.82, 2.24) is 4.90 Å². The van der Waals surface area contributed by atoms with Gasteiger partial charge in [-0.25, -0.2) is 8.42 Å². The zero-order valence-electron chi connectivity index (χ0n) is 25.4. The van der Waals surface area contributed by atoms with Gasteiger partial charge in [0.2, 0.25) is 0 Å². The molecule has 0 bridgehead atoms. The number of likely N-dealkylation sites (N-methyl/N-ethyl adjacent to an activating group) is 1. The summed E-state index contributed by atoms with van der Waals surface area (Å²) in [6.45, 7) is 2.88. The van der Waals surface area contributed by atoms with Crippen LogP contribution in [0.15, 0.2) is 126 Å². The van der Waals surface area contributed by atoms with Gasteiger partial charge in [0.05, 0.1) is 23.7 Å². The number of rotatable bonds is 10. The van der Waals surface area contributed by atoms with Crippen molar-refractivity contribution in [2.75, 3.05) is 18.3 Å². The van der Waals surface area contributed by atoms with Crippen molar-refractivity contribution < 1.29 is 23.0 Å². The fourth-order valence-electron chi connectivity index (χ4n) is 5.76. The number of ether oxygens (including phenoxy) is 2. The predicted octanol–water partition coefficient (Wildman–Crippen LogP) is 7.37. The van der Waals surface area contributed by atoms with Crippen LogP contribution in [0, 0.1) is 0 Å². The minimum atomic E-state index is -3.70. The molecule has 0 aliphatic carbocycles. The normalized spacial score (nSPS) is 19.4. The average molecular weight is 623 g/mol. The Balaban J connectivity index is 1.20. The predicted molar refractivity (Wildman–Crippen MR) is 177 cm³/mol. The second kappa shape index (κ2) is 13.5. The maximum Gasteiger partial charge on any atom is 0.261 e. The fourth-order valence-corrected chi connectivity index (χ4v) is 6.84. The van der Waals surface area contributed by atoms with Gasteiger partial charge in [0.1, 0.15) is 0 Å². The van der Waals surface area contributed by atoms with Gasteiger partial charge in [-0.1, -0.05) is 91.0 Å². The summed E-state index contributed by atoms with van der Waals surface area (Å²) in [6.07, 6.45) is -0.327. The number of sulfonamides is 1. The molecule has 1 heterocycles. The highest BCUT2D eigenvalue weighted by molar-refractivity contribution is 7.92. The molecule has 5 aromatic carbocycles. The Labute approximate surface area is 265 Å². The van der Waals surface area contributed by atoms with E-state index in [4.69, 9.17) is 9.47 Å². The lowest BCUT2D eigenvalue weighted by atomic mass is 9.98. The molecular weight excluding hydrogens is 584 g/mol. The van der Waals surface area contributed by atoms with Gasteiger partial charge in [-0.2, -0.15) is 0 Å². The van der Waals surface area contributed by atoms with Crippen LogP contribution in [0.4, 0.5) is 5.69 Å². The quantitative estimate of drug-likeness (QED) is 0.169. The lowest BCUT2D eigenvalue weighted by molar-refractivity contribution is -0.253. The molecule has 2 N–H and O–H groups in total. The monoisotopic (exact) mass is 622 g/mol. The molecule has 1 aliphatic rings. The summed E-state index contributed by atoms with van der Waals surface area (Å²) in [5.41, 5.74) is 4.35. The van der Waals surface area contributed by atoms with Crippen LogP contribution in [-0.4, -0.2) is 38.1 Å². The smallest absolute Gasteiger partial charge is 0.261 e. The topological polar surface area (TPSA) is 88.1 Å². The zero-order chi connectivity index (χ0) is 31.4. The third-order valence-electron chi connectivity index (χ3n) is 8.51. The molecule has 0 spiro atoms. The van der Waals surface area contributed by atoms with E-state index >= 15 is 0 Å². The van der Waals surface area contributed by atoms with Crippen LogP contribution in [0.1, 0.15) is 54.0 Å². The fraction of sp³-hybridized carbons (Fsp3) is 0.243. The van der Waals surface area contributed by atoms with Crippen molar-refractivity contribution in [2.24, 2.45) is 0 Å². The van der Waals surface area contributed by atoms with E-state index in [1.807, 2.05) is 36.4 Å². The van der Waals surface area contributed by atoms with E-state index in [-0.39, 0.29) is 29.8 Å². The van der Waals surface area contributed by atoms with Gasteiger partial charge in [-0.15, -0.1) is 0 Å². The maximum absolute atomic E-state index is 12.8. The Morgan fingerprint density at radius 3 is 2.20 bits per heavy atom. The van der Waals surface area contributed by atoms with Gasteiger partial charge < -0.3 is 14.6 Å². The van der Waals surface area contributed by atoms with Gasteiger partial charge in [0, 0.05) is 30.3 Å². The summed E-state index contributed by atoms with van der Waals surface area (Å²) in [6, 6.07) is 38.4. The van der Waals surface area contributed by atoms with Crippen molar-refractivity contribution in [1.29, 1.82) is 0 Å². The van der Waals surface area contributed by atoms with Gasteiger partial charge in [0.15, 0.2) is 6.29 Å². The van der Waals surface area contributed by atoms with Crippen molar-refractivity contribution in [3.63, 3.8) is 0 Å². The summed E-state index contributed by atoms with van der Waals surface area (Å²) in [5.74, 6) is 0. The van der Waals surface area contributed by atoms with Crippen molar-refractivity contribution in [2.45, 2.75) is 49.4 Å². The summed E-state index contributed by atoms with van der Waals surface area (Å²) in [5, 5.41) is 12.0. The van der Waals surface area contributed by atoms with Crippen molar-refractivity contribution in [3.8, 4) is 0 Å². The molecule has 45 heavy (non-hydrogen) atoms. The molecule has 4 atom stereocenters. The minimum absolute atomic E-state index is 0.0159. The van der Waals surface area contributed by atoms with E-state index in [2.05, 4.69) is 66.1 Å². The first-order valence-corrected chi connectivity index (χ1v) is 16.6. The molecule has 0 amide bonds. The Morgan fingerprint density at radius 2 is 1.49 bits per heavy atom. The highest BCUT2D eigenvalue weighted by Gasteiger charge is 2.33. The lowest BCUT2D eigenvalue weighted by Crippen LogP contribution is -2.38. The van der Waals surface area contributed by atoms with E-state index in [1.54, 1.807) is 42.5 Å². The second-order valence-corrected chi connectivity index (χ2v) is 13.3. The SMILES string of the molecule is CC(c1ccc2ccccc2c1)N(C)CC1CC(c2ccc(CO)cc2)OC(c2ccc(NS(=O)(=O)c3ccccc3)cc2)O1. The molecule has 0 saturated carbocycles. The molecule has 7 nitrogen and oxygen atoms in total. The van der Waals surface area contributed by atoms with Crippen molar-refractivity contribution >= 4 is 26.5 Å². The maximum atomic E-state index is 12.8. The molecule has 5 aromatic rings. The molecule has 0 aromatic heterocycles. The molecule has 1 aliphatic heterocycles. The Morgan fingerprint density at radius 1 is 0.822 bits per heavy atom. The molecule has 1 fully saturated rings. The first-order chi connectivity index (χ1) is 21.8. The largest absolute Gasteiger partial charge is 0.392 e. The molecule has 8 heteroatoms. The van der Waals surface area contributed by atoms with Crippen molar-refractivity contribution in [3.05, 3.63) is 144 Å². The number of hydrogen-bond acceptors (Lipinski definition) is 6. The van der Waals surface area contributed by atoms with Crippen LogP contribution in [0.2, 0.25) is 0 Å². The number of anilines is 1. The third kappa shape index (κ3) is 7.27. The standard InChI is InChI=1S/C37H38N2O5S/c1-26(31-17-16-28-8-6-7-9-32(28)22-31)39(2)24-34-23-36(29-14-12-27(25-40)13-15-29)44-37(43-34)30-18-20-33(21-19-30)38-45(41,42)35-10-4-3-5-11-35/h3-22,26,34,36-38,40H,23-25H2,1-2H3. The number of benzene rings is 5. The first kappa shape index (κ1) is 31.0. The molecule has 6 rings (SSSR count). The summed E-state index contributed by atoms with van der Waals surface area (Å²) in [7, 11) is -1.59. The Bertz CT molecular complexity index is 1830. The van der Waals surface area contributed by atoms with Crippen LogP contribution < -0.4 is 4.72 Å². The highest BCUT2D eigenvalue weighted by atomic mass is 32.2. The molecular formula is C37H38N2O5S. The van der Waals surface area contributed by atoms with Crippen LogP contribution in [-0.2, 0) is 26.1 Å². The van der Waals surface area contributed by atoms with E-state index in [0.717, 1.165) is 16.7 Å².